The number of carbonyl (C=O) groups is 1. The Kier molecular flexibility index (Phi) is 17.4. The van der Waals surface area contributed by atoms with E-state index in [1.165, 1.54) is 64.2 Å². The molecule has 24 heavy (non-hydrogen) atoms. The van der Waals surface area contributed by atoms with Gasteiger partial charge in [0.2, 0.25) is 5.91 Å². The van der Waals surface area contributed by atoms with Crippen LogP contribution in [0.5, 0.6) is 0 Å². The lowest BCUT2D eigenvalue weighted by atomic mass is 10.0. The summed E-state index contributed by atoms with van der Waals surface area (Å²) in [6.07, 6.45) is 16.9. The monoisotopic (exact) mass is 358 g/mol. The third-order valence-corrected chi connectivity index (χ3v) is 4.99. The van der Waals surface area contributed by atoms with Crippen LogP contribution in [0, 0.1) is 5.92 Å². The molecule has 1 amide bonds. The van der Waals surface area contributed by atoms with Gasteiger partial charge in [-0.25, -0.2) is 0 Å². The van der Waals surface area contributed by atoms with Gasteiger partial charge in [-0.3, -0.25) is 9.69 Å². The quantitative estimate of drug-likeness (QED) is 0.283. The van der Waals surface area contributed by atoms with Gasteiger partial charge < -0.3 is 5.32 Å². The van der Waals surface area contributed by atoms with Crippen LogP contribution in [0.1, 0.15) is 84.5 Å². The van der Waals surface area contributed by atoms with Crippen LogP contribution in [-0.4, -0.2) is 43.1 Å². The predicted molar refractivity (Wildman–Crippen MR) is 110 cm³/mol. The maximum absolute atomic E-state index is 11.7. The Labute approximate surface area is 155 Å². The van der Waals surface area contributed by atoms with Crippen LogP contribution in [-0.2, 0) is 4.79 Å². The summed E-state index contributed by atoms with van der Waals surface area (Å²) in [6, 6.07) is 0. The highest BCUT2D eigenvalue weighted by Crippen LogP contribution is 2.13. The molecule has 0 aliphatic carbocycles. The van der Waals surface area contributed by atoms with Gasteiger partial charge in [0.05, 0.1) is 6.54 Å². The molecule has 0 bridgehead atoms. The standard InChI is InChI=1S/C20H42N2OS/c1-19(2)15-13-11-9-7-5-6-8-10-12-14-16-21-20(23)17-22(3)18-24-4/h19H,5-18H2,1-4H3,(H,21,23). The van der Waals surface area contributed by atoms with E-state index in [1.54, 1.807) is 11.8 Å². The highest BCUT2D eigenvalue weighted by Gasteiger charge is 2.04. The number of hydrogen-bond donors (Lipinski definition) is 1. The van der Waals surface area contributed by atoms with Crippen LogP contribution in [0.3, 0.4) is 0 Å². The van der Waals surface area contributed by atoms with Crippen molar-refractivity contribution < 1.29 is 4.79 Å². The Bertz CT molecular complexity index is 285. The molecule has 0 saturated carbocycles. The normalized spacial score (nSPS) is 11.4. The maximum atomic E-state index is 11.7. The van der Waals surface area contributed by atoms with Crippen LogP contribution >= 0.6 is 11.8 Å². The van der Waals surface area contributed by atoms with Gasteiger partial charge in [-0.1, -0.05) is 78.1 Å². The van der Waals surface area contributed by atoms with E-state index in [9.17, 15) is 4.79 Å². The van der Waals surface area contributed by atoms with Crippen molar-refractivity contribution in [3.05, 3.63) is 0 Å². The number of likely N-dealkylation sites (N-methyl/N-ethyl adjacent to an activating group) is 1. The number of rotatable bonds is 17. The topological polar surface area (TPSA) is 32.3 Å². The number of amides is 1. The second-order valence-corrected chi connectivity index (χ2v) is 8.34. The first kappa shape index (κ1) is 23.8. The van der Waals surface area contributed by atoms with Gasteiger partial charge in [-0.05, 0) is 25.6 Å². The smallest absolute Gasteiger partial charge is 0.234 e. The largest absolute Gasteiger partial charge is 0.355 e. The van der Waals surface area contributed by atoms with E-state index in [-0.39, 0.29) is 5.91 Å². The number of unbranched alkanes of at least 4 members (excludes halogenated alkanes) is 9. The fourth-order valence-corrected chi connectivity index (χ4v) is 3.42. The zero-order valence-corrected chi connectivity index (χ0v) is 17.6. The third-order valence-electron chi connectivity index (χ3n) is 4.29. The highest BCUT2D eigenvalue weighted by atomic mass is 32.2. The molecule has 0 saturated heterocycles. The first-order valence-corrected chi connectivity index (χ1v) is 11.4. The predicted octanol–water partition coefficient (Wildman–Crippen LogP) is 5.30. The molecule has 4 heteroatoms. The van der Waals surface area contributed by atoms with Crippen molar-refractivity contribution in [2.45, 2.75) is 84.5 Å². The van der Waals surface area contributed by atoms with E-state index in [0.717, 1.165) is 24.8 Å². The molecule has 0 rings (SSSR count). The van der Waals surface area contributed by atoms with Crippen molar-refractivity contribution in [1.29, 1.82) is 0 Å². The number of nitrogens with zero attached hydrogens (tertiary/aromatic N) is 1. The Morgan fingerprint density at radius 2 is 1.42 bits per heavy atom. The molecule has 0 aromatic carbocycles. The van der Waals surface area contributed by atoms with Gasteiger partial charge in [0, 0.05) is 12.4 Å². The Morgan fingerprint density at radius 3 is 1.92 bits per heavy atom. The second kappa shape index (κ2) is 17.6. The minimum Gasteiger partial charge on any atom is -0.355 e. The van der Waals surface area contributed by atoms with Gasteiger partial charge in [-0.2, -0.15) is 0 Å². The zero-order valence-electron chi connectivity index (χ0n) is 16.7. The Morgan fingerprint density at radius 1 is 0.917 bits per heavy atom. The van der Waals surface area contributed by atoms with E-state index in [2.05, 4.69) is 25.4 Å². The van der Waals surface area contributed by atoms with Crippen LogP contribution < -0.4 is 5.32 Å². The first-order chi connectivity index (χ1) is 11.6. The molecule has 0 aromatic heterocycles. The molecular weight excluding hydrogens is 316 g/mol. The van der Waals surface area contributed by atoms with E-state index in [4.69, 9.17) is 0 Å². The average Bonchev–Trinajstić information content (AvgIpc) is 2.51. The molecule has 0 aromatic rings. The van der Waals surface area contributed by atoms with Gasteiger partial charge in [0.15, 0.2) is 0 Å². The summed E-state index contributed by atoms with van der Waals surface area (Å²) >= 11 is 1.75. The molecule has 144 valence electrons. The number of carbonyl (C=O) groups excluding carboxylic acids is 1. The van der Waals surface area contributed by atoms with Gasteiger partial charge >= 0.3 is 0 Å². The first-order valence-electron chi connectivity index (χ1n) is 10.0. The van der Waals surface area contributed by atoms with Crippen LogP contribution in [0.15, 0.2) is 0 Å². The molecule has 1 N–H and O–H groups in total. The summed E-state index contributed by atoms with van der Waals surface area (Å²) < 4.78 is 0. The van der Waals surface area contributed by atoms with Crippen molar-refractivity contribution in [1.82, 2.24) is 10.2 Å². The second-order valence-electron chi connectivity index (χ2n) is 7.50. The molecule has 0 radical (unpaired) electrons. The van der Waals surface area contributed by atoms with Gasteiger partial charge in [0.1, 0.15) is 0 Å². The van der Waals surface area contributed by atoms with Crippen LogP contribution in [0.4, 0.5) is 0 Å². The van der Waals surface area contributed by atoms with E-state index < -0.39 is 0 Å². The van der Waals surface area contributed by atoms with Crippen molar-refractivity contribution in [3.8, 4) is 0 Å². The van der Waals surface area contributed by atoms with Gasteiger partial charge in [0.25, 0.3) is 0 Å². The lowest BCUT2D eigenvalue weighted by molar-refractivity contribution is -0.121. The van der Waals surface area contributed by atoms with E-state index in [0.29, 0.717) is 6.54 Å². The fourth-order valence-electron chi connectivity index (χ4n) is 2.89. The lowest BCUT2D eigenvalue weighted by Crippen LogP contribution is -2.35. The summed E-state index contributed by atoms with van der Waals surface area (Å²) in [4.78, 5) is 13.7. The van der Waals surface area contributed by atoms with E-state index >= 15 is 0 Å². The molecule has 0 spiro atoms. The SMILES string of the molecule is CSCN(C)CC(=O)NCCCCCCCCCCCCC(C)C. The van der Waals surface area contributed by atoms with Crippen molar-refractivity contribution in [2.75, 3.05) is 32.3 Å². The molecule has 0 aliphatic rings. The molecular formula is C20H42N2OS. The van der Waals surface area contributed by atoms with Crippen molar-refractivity contribution in [2.24, 2.45) is 5.92 Å². The summed E-state index contributed by atoms with van der Waals surface area (Å²) in [5.74, 6) is 1.93. The molecule has 0 fully saturated rings. The molecule has 3 nitrogen and oxygen atoms in total. The minimum absolute atomic E-state index is 0.156. The lowest BCUT2D eigenvalue weighted by Gasteiger charge is -2.14. The van der Waals surface area contributed by atoms with Crippen LogP contribution in [0.25, 0.3) is 0 Å². The summed E-state index contributed by atoms with van der Waals surface area (Å²) in [6.45, 7) is 5.98. The summed E-state index contributed by atoms with van der Waals surface area (Å²) in [5, 5.41) is 3.02. The fraction of sp³-hybridized carbons (Fsp3) is 0.950. The third kappa shape index (κ3) is 18.1. The highest BCUT2D eigenvalue weighted by molar-refractivity contribution is 7.98. The van der Waals surface area contributed by atoms with E-state index in [1.807, 2.05) is 11.9 Å². The summed E-state index contributed by atoms with van der Waals surface area (Å²) in [7, 11) is 1.99. The van der Waals surface area contributed by atoms with Crippen molar-refractivity contribution >= 4 is 17.7 Å². The number of thioether (sulfide) groups is 1. The minimum atomic E-state index is 0.156. The average molecular weight is 359 g/mol. The molecule has 0 heterocycles. The summed E-state index contributed by atoms with van der Waals surface area (Å²) in [5.41, 5.74) is 0. The maximum Gasteiger partial charge on any atom is 0.234 e. The Balaban J connectivity index is 3.18. The zero-order chi connectivity index (χ0) is 18.0. The Hall–Kier alpha value is -0.220. The molecule has 0 atom stereocenters. The van der Waals surface area contributed by atoms with Crippen molar-refractivity contribution in [3.63, 3.8) is 0 Å². The molecule has 0 unspecified atom stereocenters. The van der Waals surface area contributed by atoms with Crippen LogP contribution in [0.2, 0.25) is 0 Å². The molecule has 0 aliphatic heterocycles. The van der Waals surface area contributed by atoms with Gasteiger partial charge in [-0.15, -0.1) is 11.8 Å². The number of nitrogens with one attached hydrogen (secondary N) is 1. The number of hydrogen-bond acceptors (Lipinski definition) is 3.